The summed E-state index contributed by atoms with van der Waals surface area (Å²) in [5, 5.41) is 8.91. The van der Waals surface area contributed by atoms with Crippen molar-refractivity contribution < 1.29 is 13.5 Å². The van der Waals surface area contributed by atoms with Gasteiger partial charge < -0.3 is 5.11 Å². The Morgan fingerprint density at radius 1 is 1.35 bits per heavy atom. The lowest BCUT2D eigenvalue weighted by Gasteiger charge is -2.12. The molecule has 2 N–H and O–H groups in total. The highest BCUT2D eigenvalue weighted by molar-refractivity contribution is 7.91. The zero-order chi connectivity index (χ0) is 12.9. The molecule has 0 aliphatic carbocycles. The van der Waals surface area contributed by atoms with Gasteiger partial charge in [0, 0.05) is 11.4 Å². The number of aliphatic hydroxyl groups is 1. The second kappa shape index (κ2) is 6.49. The van der Waals surface area contributed by atoms with E-state index in [1.165, 1.54) is 6.07 Å². The zero-order valence-corrected chi connectivity index (χ0v) is 11.8. The Balaban J connectivity index is 2.68. The average molecular weight is 277 g/mol. The number of rotatable bonds is 7. The predicted molar refractivity (Wildman–Crippen MR) is 69.5 cm³/mol. The van der Waals surface area contributed by atoms with Crippen LogP contribution in [-0.2, 0) is 16.6 Å². The van der Waals surface area contributed by atoms with Crippen molar-refractivity contribution in [1.29, 1.82) is 0 Å². The van der Waals surface area contributed by atoms with E-state index in [1.54, 1.807) is 6.07 Å². The first-order valence-electron chi connectivity index (χ1n) is 5.72. The molecular weight excluding hydrogens is 258 g/mol. The minimum Gasteiger partial charge on any atom is -0.391 e. The van der Waals surface area contributed by atoms with Gasteiger partial charge in [0.15, 0.2) is 0 Å². The molecule has 0 amide bonds. The summed E-state index contributed by atoms with van der Waals surface area (Å²) in [7, 11) is -3.41. The molecule has 17 heavy (non-hydrogen) atoms. The lowest BCUT2D eigenvalue weighted by Crippen LogP contribution is -2.28. The third kappa shape index (κ3) is 4.06. The van der Waals surface area contributed by atoms with E-state index in [1.807, 2.05) is 0 Å². The topological polar surface area (TPSA) is 66.4 Å². The van der Waals surface area contributed by atoms with Crippen molar-refractivity contribution in [2.24, 2.45) is 5.92 Å². The number of nitrogens with one attached hydrogen (secondary N) is 1. The fraction of sp³-hybridized carbons (Fsp3) is 0.636. The molecule has 0 unspecified atom stereocenters. The van der Waals surface area contributed by atoms with E-state index >= 15 is 0 Å². The minimum absolute atomic E-state index is 0.118. The van der Waals surface area contributed by atoms with Gasteiger partial charge in [0.1, 0.15) is 4.21 Å². The Kier molecular flexibility index (Phi) is 5.58. The standard InChI is InChI=1S/C11H19NO3S2/c1-3-9(4-2)7-12-17(14,15)11-6-5-10(8-13)16-11/h5-6,9,12-13H,3-4,7-8H2,1-2H3. The fourth-order valence-corrected chi connectivity index (χ4v) is 3.84. The molecule has 1 aromatic rings. The SMILES string of the molecule is CCC(CC)CNS(=O)(=O)c1ccc(CO)s1. The van der Waals surface area contributed by atoms with Gasteiger partial charge in [0.25, 0.3) is 0 Å². The van der Waals surface area contributed by atoms with Crippen molar-refractivity contribution in [2.45, 2.75) is 37.5 Å². The number of thiophene rings is 1. The van der Waals surface area contributed by atoms with Gasteiger partial charge in [-0.1, -0.05) is 26.7 Å². The molecule has 0 aliphatic rings. The van der Waals surface area contributed by atoms with Gasteiger partial charge in [-0.3, -0.25) is 0 Å². The summed E-state index contributed by atoms with van der Waals surface area (Å²) in [6, 6.07) is 3.17. The Bertz CT molecular complexity index is 435. The van der Waals surface area contributed by atoms with Gasteiger partial charge >= 0.3 is 0 Å². The molecule has 0 aromatic carbocycles. The van der Waals surface area contributed by atoms with Crippen LogP contribution in [0.5, 0.6) is 0 Å². The zero-order valence-electron chi connectivity index (χ0n) is 10.1. The lowest BCUT2D eigenvalue weighted by atomic mass is 10.0. The van der Waals surface area contributed by atoms with E-state index in [4.69, 9.17) is 5.11 Å². The summed E-state index contributed by atoms with van der Waals surface area (Å²) in [4.78, 5) is 0.660. The van der Waals surface area contributed by atoms with Crippen molar-refractivity contribution in [2.75, 3.05) is 6.54 Å². The Hall–Kier alpha value is -0.430. The fourth-order valence-electron chi connectivity index (χ4n) is 1.46. The maximum Gasteiger partial charge on any atom is 0.250 e. The molecule has 0 fully saturated rings. The number of hydrogen-bond donors (Lipinski definition) is 2. The molecular formula is C11H19NO3S2. The van der Waals surface area contributed by atoms with Crippen LogP contribution in [0.1, 0.15) is 31.6 Å². The summed E-state index contributed by atoms with van der Waals surface area (Å²) in [6.45, 7) is 4.46. The summed E-state index contributed by atoms with van der Waals surface area (Å²) < 4.78 is 26.7. The highest BCUT2D eigenvalue weighted by Gasteiger charge is 2.17. The van der Waals surface area contributed by atoms with Gasteiger partial charge in [0.05, 0.1) is 6.61 Å². The van der Waals surface area contributed by atoms with Crippen LogP contribution in [0.4, 0.5) is 0 Å². The van der Waals surface area contributed by atoms with Crippen LogP contribution in [0.3, 0.4) is 0 Å². The smallest absolute Gasteiger partial charge is 0.250 e. The van der Waals surface area contributed by atoms with Gasteiger partial charge in [-0.2, -0.15) is 0 Å². The van der Waals surface area contributed by atoms with Crippen LogP contribution >= 0.6 is 11.3 Å². The van der Waals surface area contributed by atoms with Gasteiger partial charge in [-0.05, 0) is 18.1 Å². The molecule has 0 spiro atoms. The van der Waals surface area contributed by atoms with Gasteiger partial charge in [0.2, 0.25) is 10.0 Å². The number of aliphatic hydroxyl groups excluding tert-OH is 1. The predicted octanol–water partition coefficient (Wildman–Crippen LogP) is 1.95. The first-order chi connectivity index (χ1) is 8.03. The number of sulfonamides is 1. The summed E-state index contributed by atoms with van der Waals surface area (Å²) in [6.07, 6.45) is 1.93. The highest BCUT2D eigenvalue weighted by Crippen LogP contribution is 2.21. The van der Waals surface area contributed by atoms with E-state index in [2.05, 4.69) is 18.6 Å². The van der Waals surface area contributed by atoms with E-state index in [0.29, 0.717) is 17.3 Å². The third-order valence-corrected chi connectivity index (χ3v) is 5.76. The first kappa shape index (κ1) is 14.6. The molecule has 0 aliphatic heterocycles. The minimum atomic E-state index is -3.41. The average Bonchev–Trinajstić information content (AvgIpc) is 2.79. The highest BCUT2D eigenvalue weighted by atomic mass is 32.2. The van der Waals surface area contributed by atoms with Crippen LogP contribution in [-0.4, -0.2) is 20.1 Å². The lowest BCUT2D eigenvalue weighted by molar-refractivity contribution is 0.285. The van der Waals surface area contributed by atoms with Crippen molar-refractivity contribution in [3.63, 3.8) is 0 Å². The molecule has 1 heterocycles. The normalized spacial score (nSPS) is 12.2. The third-order valence-electron chi connectivity index (χ3n) is 2.77. The summed E-state index contributed by atoms with van der Waals surface area (Å²) in [5.74, 6) is 0.377. The molecule has 0 saturated heterocycles. The Morgan fingerprint density at radius 3 is 2.47 bits per heavy atom. The van der Waals surface area contributed by atoms with Crippen LogP contribution < -0.4 is 4.72 Å². The quantitative estimate of drug-likeness (QED) is 0.800. The van der Waals surface area contributed by atoms with E-state index in [9.17, 15) is 8.42 Å². The van der Waals surface area contributed by atoms with Crippen LogP contribution in [0.25, 0.3) is 0 Å². The van der Waals surface area contributed by atoms with E-state index in [-0.39, 0.29) is 10.8 Å². The van der Waals surface area contributed by atoms with Crippen molar-refractivity contribution in [3.8, 4) is 0 Å². The van der Waals surface area contributed by atoms with Crippen molar-refractivity contribution in [3.05, 3.63) is 17.0 Å². The van der Waals surface area contributed by atoms with Crippen molar-refractivity contribution in [1.82, 2.24) is 4.72 Å². The molecule has 6 heteroatoms. The molecule has 1 rings (SSSR count). The van der Waals surface area contributed by atoms with Gasteiger partial charge in [-0.25, -0.2) is 13.1 Å². The molecule has 0 saturated carbocycles. The monoisotopic (exact) mass is 277 g/mol. The van der Waals surface area contributed by atoms with Crippen LogP contribution in [0.15, 0.2) is 16.3 Å². The molecule has 0 bridgehead atoms. The molecule has 98 valence electrons. The Labute approximate surface area is 107 Å². The van der Waals surface area contributed by atoms with Crippen LogP contribution in [0.2, 0.25) is 0 Å². The molecule has 4 nitrogen and oxygen atoms in total. The van der Waals surface area contributed by atoms with E-state index in [0.717, 1.165) is 24.2 Å². The summed E-state index contributed by atoms with van der Waals surface area (Å²) >= 11 is 1.11. The van der Waals surface area contributed by atoms with E-state index < -0.39 is 10.0 Å². The largest absolute Gasteiger partial charge is 0.391 e. The second-order valence-electron chi connectivity index (χ2n) is 3.91. The van der Waals surface area contributed by atoms with Gasteiger partial charge in [-0.15, -0.1) is 11.3 Å². The summed E-state index contributed by atoms with van der Waals surface area (Å²) in [5.41, 5.74) is 0. The maximum absolute atomic E-state index is 11.9. The van der Waals surface area contributed by atoms with Crippen LogP contribution in [0, 0.1) is 5.92 Å². The first-order valence-corrected chi connectivity index (χ1v) is 8.02. The molecule has 1 aromatic heterocycles. The maximum atomic E-state index is 11.9. The number of hydrogen-bond acceptors (Lipinski definition) is 4. The molecule has 0 radical (unpaired) electrons. The Morgan fingerprint density at radius 2 is 2.00 bits per heavy atom. The van der Waals surface area contributed by atoms with Crippen molar-refractivity contribution >= 4 is 21.4 Å². The molecule has 0 atom stereocenters. The second-order valence-corrected chi connectivity index (χ2v) is 7.08.